The summed E-state index contributed by atoms with van der Waals surface area (Å²) in [7, 11) is 2.48. The summed E-state index contributed by atoms with van der Waals surface area (Å²) in [6.45, 7) is 1.64. The SMILES string of the molecule is COC(=O)C1=C(C)NC(c2ncccc2F)=NC1c1ccccc1[N+](=O)OC. The van der Waals surface area contributed by atoms with Gasteiger partial charge in [0.2, 0.25) is 0 Å². The monoisotopic (exact) mass is 385 g/mol. The maximum absolute atomic E-state index is 14.2. The molecule has 3 rings (SSSR count). The Labute approximate surface area is 160 Å². The summed E-state index contributed by atoms with van der Waals surface area (Å²) >= 11 is 0. The second kappa shape index (κ2) is 7.95. The molecule has 1 aliphatic heterocycles. The summed E-state index contributed by atoms with van der Waals surface area (Å²) in [4.78, 5) is 38.1. The molecule has 1 aromatic carbocycles. The zero-order chi connectivity index (χ0) is 20.3. The van der Waals surface area contributed by atoms with Crippen LogP contribution in [0.5, 0.6) is 0 Å². The number of carbonyl (C=O) groups excluding carboxylic acids is 1. The Hall–Kier alpha value is -3.62. The normalized spacial score (nSPS) is 16.1. The minimum Gasteiger partial charge on any atom is -0.466 e. The van der Waals surface area contributed by atoms with E-state index in [2.05, 4.69) is 15.3 Å². The van der Waals surface area contributed by atoms with Crippen LogP contribution in [-0.2, 0) is 14.4 Å². The molecule has 0 bridgehead atoms. The van der Waals surface area contributed by atoms with Gasteiger partial charge >= 0.3 is 11.7 Å². The van der Waals surface area contributed by atoms with Gasteiger partial charge in [0.05, 0.1) is 23.2 Å². The molecule has 28 heavy (non-hydrogen) atoms. The van der Waals surface area contributed by atoms with Gasteiger partial charge in [-0.15, -0.1) is 0 Å². The number of methoxy groups -OCH3 is 1. The molecule has 0 spiro atoms. The van der Waals surface area contributed by atoms with Crippen LogP contribution in [0.1, 0.15) is 24.2 Å². The van der Waals surface area contributed by atoms with Gasteiger partial charge in [-0.1, -0.05) is 12.1 Å². The first-order valence-electron chi connectivity index (χ1n) is 8.33. The number of esters is 1. The summed E-state index contributed by atoms with van der Waals surface area (Å²) in [5.41, 5.74) is 1.17. The number of aliphatic imine (C=N–C) groups is 1. The molecule has 1 aromatic heterocycles. The van der Waals surface area contributed by atoms with Gasteiger partial charge in [0.1, 0.15) is 11.7 Å². The van der Waals surface area contributed by atoms with E-state index in [0.29, 0.717) is 16.2 Å². The van der Waals surface area contributed by atoms with E-state index in [1.807, 2.05) is 0 Å². The van der Waals surface area contributed by atoms with Crippen molar-refractivity contribution in [1.82, 2.24) is 10.3 Å². The van der Waals surface area contributed by atoms with Gasteiger partial charge in [0.25, 0.3) is 4.92 Å². The highest BCUT2D eigenvalue weighted by molar-refractivity contribution is 6.02. The molecule has 2 heterocycles. The maximum Gasteiger partial charge on any atom is 0.338 e. The molecule has 0 aliphatic carbocycles. The number of amidine groups is 1. The summed E-state index contributed by atoms with van der Waals surface area (Å²) in [6, 6.07) is 8.33. The second-order valence-corrected chi connectivity index (χ2v) is 5.87. The summed E-state index contributed by atoms with van der Waals surface area (Å²) in [5, 5.41) is 2.90. The summed E-state index contributed by atoms with van der Waals surface area (Å²) in [5.74, 6) is -1.06. The highest BCUT2D eigenvalue weighted by Crippen LogP contribution is 2.37. The third kappa shape index (κ3) is 3.46. The van der Waals surface area contributed by atoms with Crippen molar-refractivity contribution in [3.05, 3.63) is 75.8 Å². The summed E-state index contributed by atoms with van der Waals surface area (Å²) < 4.78 is 19.1. The fourth-order valence-electron chi connectivity index (χ4n) is 2.94. The molecule has 1 N–H and O–H groups in total. The minimum atomic E-state index is -0.923. The average molecular weight is 385 g/mol. The Morgan fingerprint density at radius 1 is 1.21 bits per heavy atom. The van der Waals surface area contributed by atoms with E-state index in [1.54, 1.807) is 25.1 Å². The zero-order valence-electron chi connectivity index (χ0n) is 15.5. The van der Waals surface area contributed by atoms with Gasteiger partial charge in [0.15, 0.2) is 18.8 Å². The predicted molar refractivity (Wildman–Crippen MR) is 98.1 cm³/mol. The van der Waals surface area contributed by atoms with Gasteiger partial charge in [-0.25, -0.2) is 19.0 Å². The van der Waals surface area contributed by atoms with Crippen molar-refractivity contribution in [2.75, 3.05) is 14.2 Å². The Morgan fingerprint density at radius 2 is 1.96 bits per heavy atom. The van der Waals surface area contributed by atoms with Gasteiger partial charge in [-0.3, -0.25) is 4.99 Å². The average Bonchev–Trinajstić information content (AvgIpc) is 2.72. The number of allylic oxidation sites excluding steroid dienone is 1. The zero-order valence-corrected chi connectivity index (χ0v) is 15.5. The molecule has 2 aromatic rings. The third-order valence-corrected chi connectivity index (χ3v) is 4.22. The lowest BCUT2D eigenvalue weighted by atomic mass is 9.94. The lowest BCUT2D eigenvalue weighted by Crippen LogP contribution is -2.34. The molecule has 9 heteroatoms. The standard InChI is InChI=1S/C19H17FN4O4/c1-11-15(19(25)27-2)16(12-7-4-5-9-14(12)24(26)28-3)23-18(22-11)17-13(20)8-6-10-21-17/h4-10,16H,1-3H3/p+1. The molecular weight excluding hydrogens is 367 g/mol. The highest BCUT2D eigenvalue weighted by atomic mass is 19.1. The number of carbonyl (C=O) groups is 1. The van der Waals surface area contributed by atoms with Crippen molar-refractivity contribution in [2.24, 2.45) is 4.99 Å². The van der Waals surface area contributed by atoms with Crippen LogP contribution >= 0.6 is 0 Å². The van der Waals surface area contributed by atoms with Crippen molar-refractivity contribution < 1.29 is 23.7 Å². The van der Waals surface area contributed by atoms with E-state index >= 15 is 0 Å². The van der Waals surface area contributed by atoms with Crippen molar-refractivity contribution in [3.8, 4) is 0 Å². The minimum absolute atomic E-state index is 0.000956. The molecule has 0 saturated carbocycles. The van der Waals surface area contributed by atoms with Gasteiger partial charge in [-0.05, 0) is 25.1 Å². The molecule has 0 saturated heterocycles. The fraction of sp³-hybridized carbons (Fsp3) is 0.211. The number of halogens is 1. The van der Waals surface area contributed by atoms with Crippen LogP contribution in [0.25, 0.3) is 0 Å². The number of ether oxygens (including phenoxy) is 1. The van der Waals surface area contributed by atoms with Gasteiger partial charge in [-0.2, -0.15) is 0 Å². The number of nitrogens with one attached hydrogen (secondary N) is 1. The van der Waals surface area contributed by atoms with E-state index < -0.39 is 17.8 Å². The van der Waals surface area contributed by atoms with Gasteiger partial charge < -0.3 is 10.1 Å². The molecular formula is C19H18FN4O4+. The lowest BCUT2D eigenvalue weighted by molar-refractivity contribution is -0.737. The van der Waals surface area contributed by atoms with E-state index in [4.69, 9.17) is 9.57 Å². The van der Waals surface area contributed by atoms with Crippen LogP contribution in [0.15, 0.2) is 58.9 Å². The number of rotatable bonds is 5. The number of pyridine rings is 1. The first kappa shape index (κ1) is 19.2. The number of para-hydroxylation sites is 1. The lowest BCUT2D eigenvalue weighted by Gasteiger charge is -2.25. The topological polar surface area (TPSA) is 92.9 Å². The summed E-state index contributed by atoms with van der Waals surface area (Å²) in [6.07, 6.45) is 1.44. The van der Waals surface area contributed by atoms with Crippen LogP contribution in [0, 0.1) is 10.7 Å². The Balaban J connectivity index is 2.21. The molecule has 0 radical (unpaired) electrons. The number of aromatic nitrogens is 1. The molecule has 0 amide bonds. The van der Waals surface area contributed by atoms with Crippen LogP contribution in [0.2, 0.25) is 0 Å². The van der Waals surface area contributed by atoms with E-state index in [-0.39, 0.29) is 22.8 Å². The van der Waals surface area contributed by atoms with Crippen LogP contribution in [0.3, 0.4) is 0 Å². The van der Waals surface area contributed by atoms with Crippen LogP contribution < -0.4 is 5.32 Å². The molecule has 1 atom stereocenters. The van der Waals surface area contributed by atoms with Crippen molar-refractivity contribution >= 4 is 17.5 Å². The molecule has 144 valence electrons. The number of benzene rings is 1. The second-order valence-electron chi connectivity index (χ2n) is 5.87. The van der Waals surface area contributed by atoms with Crippen LogP contribution in [0.4, 0.5) is 10.1 Å². The van der Waals surface area contributed by atoms with E-state index in [0.717, 1.165) is 0 Å². The van der Waals surface area contributed by atoms with Crippen LogP contribution in [-0.4, -0.2) is 35.9 Å². The highest BCUT2D eigenvalue weighted by Gasteiger charge is 2.36. The van der Waals surface area contributed by atoms with Crippen molar-refractivity contribution in [1.29, 1.82) is 0 Å². The van der Waals surface area contributed by atoms with E-state index in [9.17, 15) is 14.1 Å². The molecule has 8 nitrogen and oxygen atoms in total. The molecule has 1 unspecified atom stereocenters. The number of hydrogen-bond donors (Lipinski definition) is 1. The van der Waals surface area contributed by atoms with Gasteiger partial charge in [0, 0.05) is 18.0 Å². The largest absolute Gasteiger partial charge is 0.466 e. The molecule has 0 fully saturated rings. The fourth-order valence-corrected chi connectivity index (χ4v) is 2.94. The first-order valence-corrected chi connectivity index (χ1v) is 8.33. The predicted octanol–water partition coefficient (Wildman–Crippen LogP) is 2.73. The smallest absolute Gasteiger partial charge is 0.338 e. The first-order chi connectivity index (χ1) is 13.5. The van der Waals surface area contributed by atoms with Crippen molar-refractivity contribution in [3.63, 3.8) is 0 Å². The number of hydrogen-bond acceptors (Lipinski definition) is 7. The Morgan fingerprint density at radius 3 is 2.64 bits per heavy atom. The van der Waals surface area contributed by atoms with Crippen molar-refractivity contribution in [2.45, 2.75) is 13.0 Å². The third-order valence-electron chi connectivity index (χ3n) is 4.22. The Kier molecular flexibility index (Phi) is 5.44. The van der Waals surface area contributed by atoms with E-state index in [1.165, 1.54) is 38.6 Å². The Bertz CT molecular complexity index is 1000. The maximum atomic E-state index is 14.2. The number of nitrogens with zero attached hydrogens (tertiary/aromatic N) is 3. The quantitative estimate of drug-likeness (QED) is 0.628. The molecule has 1 aliphatic rings.